The molecule has 32 heavy (non-hydrogen) atoms. The summed E-state index contributed by atoms with van der Waals surface area (Å²) in [5.41, 5.74) is 1.31. The number of aliphatic hydroxyl groups excluding tert-OH is 1. The third-order valence-electron chi connectivity index (χ3n) is 5.39. The summed E-state index contributed by atoms with van der Waals surface area (Å²) in [5.74, 6) is -0.423. The molecule has 1 amide bonds. The van der Waals surface area contributed by atoms with Crippen molar-refractivity contribution in [2.75, 3.05) is 41.4 Å². The van der Waals surface area contributed by atoms with Gasteiger partial charge in [0.15, 0.2) is 17.3 Å². The van der Waals surface area contributed by atoms with Gasteiger partial charge in [-0.1, -0.05) is 6.07 Å². The lowest BCUT2D eigenvalue weighted by atomic mass is 9.94. The topological polar surface area (TPSA) is 92.2 Å². The number of carbonyl (C=O) groups excluding carboxylic acids is 2. The van der Waals surface area contributed by atoms with Crippen molar-refractivity contribution in [2.45, 2.75) is 26.3 Å². The Labute approximate surface area is 192 Å². The fourth-order valence-electron chi connectivity index (χ4n) is 3.91. The fourth-order valence-corrected chi connectivity index (χ4v) is 4.78. The Kier molecular flexibility index (Phi) is 7.20. The molecule has 0 unspecified atom stereocenters. The fraction of sp³-hybridized carbons (Fsp3) is 0.435. The number of rotatable bonds is 9. The minimum Gasteiger partial charge on any atom is -0.503 e. The molecule has 0 saturated heterocycles. The Morgan fingerprint density at radius 3 is 2.47 bits per heavy atom. The van der Waals surface area contributed by atoms with Crippen molar-refractivity contribution in [1.82, 2.24) is 14.8 Å². The molecule has 0 radical (unpaired) electrons. The number of benzene rings is 1. The van der Waals surface area contributed by atoms with Gasteiger partial charge in [0.25, 0.3) is 5.91 Å². The number of hydrogen-bond acceptors (Lipinski definition) is 8. The largest absolute Gasteiger partial charge is 0.503 e. The second-order valence-electron chi connectivity index (χ2n) is 7.91. The monoisotopic (exact) mass is 459 g/mol. The van der Waals surface area contributed by atoms with E-state index in [-0.39, 0.29) is 11.4 Å². The van der Waals surface area contributed by atoms with E-state index in [0.29, 0.717) is 40.6 Å². The lowest BCUT2D eigenvalue weighted by Crippen LogP contribution is -2.33. The van der Waals surface area contributed by atoms with Crippen LogP contribution >= 0.6 is 11.3 Å². The van der Waals surface area contributed by atoms with E-state index >= 15 is 0 Å². The first kappa shape index (κ1) is 23.7. The zero-order valence-electron chi connectivity index (χ0n) is 19.3. The predicted octanol–water partition coefficient (Wildman–Crippen LogP) is 3.31. The highest BCUT2D eigenvalue weighted by atomic mass is 32.1. The van der Waals surface area contributed by atoms with Gasteiger partial charge in [-0.05, 0) is 58.6 Å². The van der Waals surface area contributed by atoms with E-state index in [2.05, 4.69) is 4.98 Å². The minimum atomic E-state index is -0.737. The molecule has 3 rings (SSSR count). The molecule has 2 aromatic rings. The van der Waals surface area contributed by atoms with Gasteiger partial charge in [-0.25, -0.2) is 4.98 Å². The molecule has 8 nitrogen and oxygen atoms in total. The lowest BCUT2D eigenvalue weighted by molar-refractivity contribution is -0.129. The van der Waals surface area contributed by atoms with Crippen LogP contribution in [0.15, 0.2) is 29.5 Å². The maximum absolute atomic E-state index is 13.5. The number of aryl methyl sites for hydroxylation is 2. The molecule has 0 fully saturated rings. The molecule has 1 aromatic carbocycles. The highest BCUT2D eigenvalue weighted by Gasteiger charge is 2.44. The molecular formula is C23H29N3O5S. The number of thiazole rings is 1. The zero-order chi connectivity index (χ0) is 23.6. The van der Waals surface area contributed by atoms with Gasteiger partial charge < -0.3 is 24.4 Å². The van der Waals surface area contributed by atoms with Crippen LogP contribution in [0.25, 0.3) is 0 Å². The molecule has 1 N–H and O–H groups in total. The SMILES string of the molecule is COc1ccc([C@@H]2C(C(=O)c3sc(C)nc3C)=C(O)C(=O)N2CCCN(C)C)cc1OC. The maximum Gasteiger partial charge on any atom is 0.290 e. The van der Waals surface area contributed by atoms with Crippen molar-refractivity contribution in [2.24, 2.45) is 0 Å². The van der Waals surface area contributed by atoms with Gasteiger partial charge >= 0.3 is 0 Å². The Balaban J connectivity index is 2.09. The Hall–Kier alpha value is -2.91. The first-order chi connectivity index (χ1) is 15.2. The van der Waals surface area contributed by atoms with E-state index < -0.39 is 17.7 Å². The van der Waals surface area contributed by atoms with Crippen molar-refractivity contribution in [3.63, 3.8) is 0 Å². The predicted molar refractivity (Wildman–Crippen MR) is 123 cm³/mol. The summed E-state index contributed by atoms with van der Waals surface area (Å²) in [7, 11) is 6.98. The number of ketones is 1. The molecule has 172 valence electrons. The quantitative estimate of drug-likeness (QED) is 0.575. The molecule has 1 aromatic heterocycles. The van der Waals surface area contributed by atoms with E-state index in [9.17, 15) is 14.7 Å². The first-order valence-electron chi connectivity index (χ1n) is 10.3. The summed E-state index contributed by atoms with van der Waals surface area (Å²) in [5, 5.41) is 11.6. The van der Waals surface area contributed by atoms with E-state index in [1.165, 1.54) is 18.4 Å². The van der Waals surface area contributed by atoms with Crippen molar-refractivity contribution in [1.29, 1.82) is 0 Å². The molecule has 0 spiro atoms. The summed E-state index contributed by atoms with van der Waals surface area (Å²) in [6.45, 7) is 4.73. The number of amides is 1. The average molecular weight is 460 g/mol. The van der Waals surface area contributed by atoms with E-state index in [1.54, 1.807) is 37.1 Å². The van der Waals surface area contributed by atoms with Crippen LogP contribution in [-0.2, 0) is 4.79 Å². The van der Waals surface area contributed by atoms with Gasteiger partial charge in [-0.15, -0.1) is 11.3 Å². The number of aromatic nitrogens is 1. The number of methoxy groups -OCH3 is 2. The number of carbonyl (C=O) groups is 2. The second kappa shape index (κ2) is 9.70. The van der Waals surface area contributed by atoms with Crippen LogP contribution in [0.2, 0.25) is 0 Å². The van der Waals surface area contributed by atoms with Crippen LogP contribution in [0.3, 0.4) is 0 Å². The number of Topliss-reactive ketones (excluding diaryl/α,β-unsaturated/α-hetero) is 1. The molecule has 0 bridgehead atoms. The van der Waals surface area contributed by atoms with Crippen molar-refractivity contribution >= 4 is 23.0 Å². The Morgan fingerprint density at radius 2 is 1.91 bits per heavy atom. The third-order valence-corrected chi connectivity index (χ3v) is 6.46. The molecule has 0 aliphatic carbocycles. The van der Waals surface area contributed by atoms with E-state index in [0.717, 1.165) is 11.6 Å². The number of hydrogen-bond donors (Lipinski definition) is 1. The highest BCUT2D eigenvalue weighted by Crippen LogP contribution is 2.42. The van der Waals surface area contributed by atoms with Crippen LogP contribution < -0.4 is 9.47 Å². The van der Waals surface area contributed by atoms with E-state index in [1.807, 2.05) is 25.9 Å². The van der Waals surface area contributed by atoms with Crippen LogP contribution in [0.4, 0.5) is 0 Å². The number of nitrogens with zero attached hydrogens (tertiary/aromatic N) is 3. The van der Waals surface area contributed by atoms with Crippen LogP contribution in [0.1, 0.15) is 38.4 Å². The molecule has 0 saturated carbocycles. The summed E-state index contributed by atoms with van der Waals surface area (Å²) in [6.07, 6.45) is 0.690. The number of ether oxygens (including phenoxy) is 2. The minimum absolute atomic E-state index is 0.0684. The van der Waals surface area contributed by atoms with Gasteiger partial charge in [0.1, 0.15) is 0 Å². The molecule has 1 aliphatic heterocycles. The van der Waals surface area contributed by atoms with E-state index in [4.69, 9.17) is 9.47 Å². The molecule has 1 atom stereocenters. The molecule has 1 aliphatic rings. The smallest absolute Gasteiger partial charge is 0.290 e. The van der Waals surface area contributed by atoms with Crippen molar-refractivity contribution in [3.05, 3.63) is 50.7 Å². The number of aliphatic hydroxyl groups is 1. The molecule has 9 heteroatoms. The second-order valence-corrected chi connectivity index (χ2v) is 9.11. The molecular weight excluding hydrogens is 430 g/mol. The maximum atomic E-state index is 13.5. The summed E-state index contributed by atoms with van der Waals surface area (Å²) in [4.78, 5) is 34.9. The standard InChI is InChI=1S/C23H29N3O5S/c1-13-22(32-14(2)24-13)20(27)18-19(15-8-9-16(30-5)17(12-15)31-6)26(23(29)21(18)28)11-7-10-25(3)4/h8-9,12,19,28H,7,10-11H2,1-6H3/t19-/m1/s1. The van der Waals surface area contributed by atoms with Crippen LogP contribution in [-0.4, -0.2) is 73.0 Å². The van der Waals surface area contributed by atoms with Gasteiger partial charge in [0.05, 0.1) is 41.4 Å². The van der Waals surface area contributed by atoms with Crippen LogP contribution in [0, 0.1) is 13.8 Å². The van der Waals surface area contributed by atoms with Crippen LogP contribution in [0.5, 0.6) is 11.5 Å². The lowest BCUT2D eigenvalue weighted by Gasteiger charge is -2.27. The molecule has 2 heterocycles. The zero-order valence-corrected chi connectivity index (χ0v) is 20.1. The van der Waals surface area contributed by atoms with Gasteiger partial charge in [-0.3, -0.25) is 9.59 Å². The van der Waals surface area contributed by atoms with Gasteiger partial charge in [-0.2, -0.15) is 0 Å². The van der Waals surface area contributed by atoms with Gasteiger partial charge in [0, 0.05) is 6.54 Å². The Morgan fingerprint density at radius 1 is 1.22 bits per heavy atom. The summed E-state index contributed by atoms with van der Waals surface area (Å²) >= 11 is 1.26. The highest BCUT2D eigenvalue weighted by molar-refractivity contribution is 7.14. The average Bonchev–Trinajstić information content (AvgIpc) is 3.22. The van der Waals surface area contributed by atoms with Crippen molar-refractivity contribution < 1.29 is 24.2 Å². The third kappa shape index (κ3) is 4.49. The first-order valence-corrected chi connectivity index (χ1v) is 11.1. The van der Waals surface area contributed by atoms with Crippen molar-refractivity contribution in [3.8, 4) is 11.5 Å². The summed E-state index contributed by atoms with van der Waals surface area (Å²) in [6, 6.07) is 4.52. The summed E-state index contributed by atoms with van der Waals surface area (Å²) < 4.78 is 10.8. The van der Waals surface area contributed by atoms with Gasteiger partial charge in [0.2, 0.25) is 5.78 Å². The normalized spacial score (nSPS) is 16.3. The Bertz CT molecular complexity index is 1060.